The molecule has 1 saturated carbocycles. The molecular weight excluding hydrogens is 248 g/mol. The van der Waals surface area contributed by atoms with Crippen molar-refractivity contribution in [2.75, 3.05) is 25.1 Å². The lowest BCUT2D eigenvalue weighted by Crippen LogP contribution is -2.53. The van der Waals surface area contributed by atoms with E-state index in [4.69, 9.17) is 4.74 Å². The smallest absolute Gasteiger partial charge is 0.0779 e. The summed E-state index contributed by atoms with van der Waals surface area (Å²) in [6, 6.07) is 9.79. The summed E-state index contributed by atoms with van der Waals surface area (Å²) >= 11 is 0. The van der Waals surface area contributed by atoms with Crippen molar-refractivity contribution in [1.82, 2.24) is 5.32 Å². The minimum Gasteiger partial charge on any atom is -0.374 e. The van der Waals surface area contributed by atoms with E-state index in [1.807, 2.05) is 7.05 Å². The van der Waals surface area contributed by atoms with Crippen molar-refractivity contribution >= 4 is 5.69 Å². The van der Waals surface area contributed by atoms with Gasteiger partial charge >= 0.3 is 0 Å². The van der Waals surface area contributed by atoms with Crippen LogP contribution < -0.4 is 10.2 Å². The molecule has 2 fully saturated rings. The van der Waals surface area contributed by atoms with E-state index in [1.165, 1.54) is 36.9 Å². The van der Waals surface area contributed by atoms with E-state index >= 15 is 0 Å². The minimum atomic E-state index is 0.385. The first-order valence-corrected chi connectivity index (χ1v) is 7.95. The SMILES string of the molecule is CNC(C)c1ccccc1N1CCOC2CCCCC21. The highest BCUT2D eigenvalue weighted by Crippen LogP contribution is 2.35. The van der Waals surface area contributed by atoms with E-state index in [0.717, 1.165) is 13.2 Å². The zero-order valence-corrected chi connectivity index (χ0v) is 12.6. The third-order valence-corrected chi connectivity index (χ3v) is 4.88. The predicted octanol–water partition coefficient (Wildman–Crippen LogP) is 3.11. The fourth-order valence-electron chi connectivity index (χ4n) is 3.67. The summed E-state index contributed by atoms with van der Waals surface area (Å²) < 4.78 is 6.00. The van der Waals surface area contributed by atoms with Gasteiger partial charge in [-0.25, -0.2) is 0 Å². The van der Waals surface area contributed by atoms with Gasteiger partial charge in [0.2, 0.25) is 0 Å². The van der Waals surface area contributed by atoms with Crippen molar-refractivity contribution in [3.05, 3.63) is 29.8 Å². The molecule has 0 bridgehead atoms. The van der Waals surface area contributed by atoms with Crippen molar-refractivity contribution < 1.29 is 4.74 Å². The van der Waals surface area contributed by atoms with Gasteiger partial charge in [0.05, 0.1) is 18.8 Å². The molecule has 3 atom stereocenters. The van der Waals surface area contributed by atoms with Crippen molar-refractivity contribution in [3.63, 3.8) is 0 Å². The van der Waals surface area contributed by atoms with Gasteiger partial charge in [-0.05, 0) is 38.4 Å². The Morgan fingerprint density at radius 3 is 2.90 bits per heavy atom. The van der Waals surface area contributed by atoms with Gasteiger partial charge in [-0.15, -0.1) is 0 Å². The first-order valence-electron chi connectivity index (χ1n) is 7.95. The van der Waals surface area contributed by atoms with Crippen LogP contribution in [0.5, 0.6) is 0 Å². The predicted molar refractivity (Wildman–Crippen MR) is 83.3 cm³/mol. The van der Waals surface area contributed by atoms with Crippen molar-refractivity contribution in [2.45, 2.75) is 50.8 Å². The van der Waals surface area contributed by atoms with Crippen LogP contribution in [0, 0.1) is 0 Å². The second-order valence-corrected chi connectivity index (χ2v) is 6.02. The van der Waals surface area contributed by atoms with Gasteiger partial charge in [-0.3, -0.25) is 0 Å². The van der Waals surface area contributed by atoms with Crippen LogP contribution >= 0.6 is 0 Å². The second-order valence-electron chi connectivity index (χ2n) is 6.02. The topological polar surface area (TPSA) is 24.5 Å². The molecule has 1 aromatic carbocycles. The van der Waals surface area contributed by atoms with Crippen LogP contribution in [0.15, 0.2) is 24.3 Å². The Kier molecular flexibility index (Phi) is 4.27. The maximum absolute atomic E-state index is 6.00. The molecule has 1 aliphatic heterocycles. The molecule has 20 heavy (non-hydrogen) atoms. The molecule has 3 rings (SSSR count). The highest BCUT2D eigenvalue weighted by molar-refractivity contribution is 5.56. The molecular formula is C17H26N2O. The zero-order chi connectivity index (χ0) is 13.9. The first-order chi connectivity index (χ1) is 9.81. The lowest BCUT2D eigenvalue weighted by atomic mass is 9.89. The molecule has 1 saturated heterocycles. The second kappa shape index (κ2) is 6.15. The molecule has 0 aromatic heterocycles. The largest absolute Gasteiger partial charge is 0.374 e. The highest BCUT2D eigenvalue weighted by atomic mass is 16.5. The van der Waals surface area contributed by atoms with Gasteiger partial charge in [-0.1, -0.05) is 31.0 Å². The number of ether oxygens (including phenoxy) is 1. The Morgan fingerprint density at radius 2 is 2.05 bits per heavy atom. The van der Waals surface area contributed by atoms with Crippen LogP contribution in [0.4, 0.5) is 5.69 Å². The molecule has 1 heterocycles. The molecule has 3 nitrogen and oxygen atoms in total. The van der Waals surface area contributed by atoms with E-state index in [0.29, 0.717) is 18.2 Å². The van der Waals surface area contributed by atoms with E-state index < -0.39 is 0 Å². The maximum atomic E-state index is 6.00. The fraction of sp³-hybridized carbons (Fsp3) is 0.647. The Hall–Kier alpha value is -1.06. The number of nitrogens with one attached hydrogen (secondary N) is 1. The van der Waals surface area contributed by atoms with Gasteiger partial charge in [0, 0.05) is 18.3 Å². The number of anilines is 1. The lowest BCUT2D eigenvalue weighted by molar-refractivity contribution is -0.00876. The third-order valence-electron chi connectivity index (χ3n) is 4.88. The summed E-state index contributed by atoms with van der Waals surface area (Å²) in [6.07, 6.45) is 5.60. The monoisotopic (exact) mass is 274 g/mol. The minimum absolute atomic E-state index is 0.385. The van der Waals surface area contributed by atoms with E-state index in [2.05, 4.69) is 41.4 Å². The van der Waals surface area contributed by atoms with Gasteiger partial charge in [-0.2, -0.15) is 0 Å². The summed E-state index contributed by atoms with van der Waals surface area (Å²) in [5, 5.41) is 3.37. The normalized spacial score (nSPS) is 28.0. The average molecular weight is 274 g/mol. The summed E-state index contributed by atoms with van der Waals surface area (Å²) in [5.41, 5.74) is 2.80. The van der Waals surface area contributed by atoms with Crippen LogP contribution in [-0.4, -0.2) is 32.3 Å². The van der Waals surface area contributed by atoms with Gasteiger partial charge < -0.3 is 15.0 Å². The molecule has 1 aliphatic carbocycles. The highest BCUT2D eigenvalue weighted by Gasteiger charge is 2.35. The van der Waals surface area contributed by atoms with Crippen molar-refractivity contribution in [3.8, 4) is 0 Å². The number of hydrogen-bond acceptors (Lipinski definition) is 3. The van der Waals surface area contributed by atoms with E-state index in [1.54, 1.807) is 0 Å². The molecule has 1 aromatic rings. The molecule has 110 valence electrons. The number of nitrogens with zero attached hydrogens (tertiary/aromatic N) is 1. The first kappa shape index (κ1) is 13.9. The van der Waals surface area contributed by atoms with E-state index in [-0.39, 0.29) is 0 Å². The standard InChI is InChI=1S/C17H26N2O/c1-13(18-2)14-7-3-4-8-15(14)19-11-12-20-17-10-6-5-9-16(17)19/h3-4,7-8,13,16-18H,5-6,9-12H2,1-2H3. The van der Waals surface area contributed by atoms with Crippen LogP contribution in [0.2, 0.25) is 0 Å². The summed E-state index contributed by atoms with van der Waals surface area (Å²) in [7, 11) is 2.03. The van der Waals surface area contributed by atoms with Crippen LogP contribution in [0.25, 0.3) is 0 Å². The molecule has 1 N–H and O–H groups in total. The summed E-state index contributed by atoms with van der Waals surface area (Å²) in [6.45, 7) is 4.12. The van der Waals surface area contributed by atoms with Gasteiger partial charge in [0.15, 0.2) is 0 Å². The number of morpholine rings is 1. The quantitative estimate of drug-likeness (QED) is 0.916. The molecule has 2 aliphatic rings. The average Bonchev–Trinajstić information content (AvgIpc) is 2.53. The fourth-order valence-corrected chi connectivity index (χ4v) is 3.67. The lowest BCUT2D eigenvalue weighted by Gasteiger charge is -2.46. The summed E-state index contributed by atoms with van der Waals surface area (Å²) in [5.74, 6) is 0. The van der Waals surface area contributed by atoms with E-state index in [9.17, 15) is 0 Å². The number of benzene rings is 1. The van der Waals surface area contributed by atoms with Gasteiger partial charge in [0.1, 0.15) is 0 Å². The number of rotatable bonds is 3. The Balaban J connectivity index is 1.91. The van der Waals surface area contributed by atoms with Gasteiger partial charge in [0.25, 0.3) is 0 Å². The molecule has 3 unspecified atom stereocenters. The number of fused-ring (bicyclic) bond motifs is 1. The Morgan fingerprint density at radius 1 is 1.25 bits per heavy atom. The van der Waals surface area contributed by atoms with Crippen LogP contribution in [-0.2, 0) is 4.74 Å². The third kappa shape index (κ3) is 2.57. The molecule has 0 amide bonds. The summed E-state index contributed by atoms with van der Waals surface area (Å²) in [4.78, 5) is 2.61. The molecule has 0 spiro atoms. The van der Waals surface area contributed by atoms with Crippen LogP contribution in [0.3, 0.4) is 0 Å². The molecule has 0 radical (unpaired) electrons. The molecule has 3 heteroatoms. The number of hydrogen-bond donors (Lipinski definition) is 1. The number of para-hydroxylation sites is 1. The zero-order valence-electron chi connectivity index (χ0n) is 12.6. The van der Waals surface area contributed by atoms with Crippen LogP contribution in [0.1, 0.15) is 44.2 Å². The van der Waals surface area contributed by atoms with Crippen molar-refractivity contribution in [1.29, 1.82) is 0 Å². The van der Waals surface area contributed by atoms with Crippen molar-refractivity contribution in [2.24, 2.45) is 0 Å². The Labute approximate surface area is 122 Å². The maximum Gasteiger partial charge on any atom is 0.0779 e. The Bertz CT molecular complexity index is 446.